The number of anilines is 1. The molecule has 0 aliphatic carbocycles. The van der Waals surface area contributed by atoms with E-state index in [9.17, 15) is 15.0 Å². The first-order valence-corrected chi connectivity index (χ1v) is 6.83. The summed E-state index contributed by atoms with van der Waals surface area (Å²) in [6, 6.07) is 10.7. The third-order valence-electron chi connectivity index (χ3n) is 3.36. The highest BCUT2D eigenvalue weighted by atomic mass is 16.5. The molecule has 5 nitrogen and oxygen atoms in total. The van der Waals surface area contributed by atoms with E-state index in [1.165, 1.54) is 0 Å². The van der Waals surface area contributed by atoms with Crippen molar-refractivity contribution >= 4 is 22.4 Å². The van der Waals surface area contributed by atoms with Crippen LogP contribution in [-0.2, 0) is 9.53 Å². The minimum atomic E-state index is -1.23. The second-order valence-electron chi connectivity index (χ2n) is 4.81. The second-order valence-corrected chi connectivity index (χ2v) is 4.81. The number of rotatable bonds is 5. The minimum Gasteiger partial charge on any atom is -0.466 e. The van der Waals surface area contributed by atoms with Crippen LogP contribution in [0.15, 0.2) is 36.4 Å². The highest BCUT2D eigenvalue weighted by Gasteiger charge is 2.23. The number of carbonyl (C=O) groups excluding carboxylic acids is 1. The molecule has 0 saturated carbocycles. The number of aliphatic hydroxyl groups excluding tert-OH is 2. The fourth-order valence-electron chi connectivity index (χ4n) is 2.31. The van der Waals surface area contributed by atoms with Gasteiger partial charge in [-0.15, -0.1) is 0 Å². The molecule has 2 atom stereocenters. The van der Waals surface area contributed by atoms with Crippen molar-refractivity contribution in [1.82, 2.24) is 0 Å². The van der Waals surface area contributed by atoms with Crippen LogP contribution in [-0.4, -0.2) is 28.9 Å². The number of hydrogen-bond donors (Lipinski definition) is 3. The molecule has 0 saturated heterocycles. The predicted molar refractivity (Wildman–Crippen MR) is 80.6 cm³/mol. The van der Waals surface area contributed by atoms with Gasteiger partial charge in [0, 0.05) is 11.1 Å². The molecule has 0 bridgehead atoms. The van der Waals surface area contributed by atoms with Crippen molar-refractivity contribution in [3.63, 3.8) is 0 Å². The quantitative estimate of drug-likeness (QED) is 0.576. The van der Waals surface area contributed by atoms with Gasteiger partial charge in [0.15, 0.2) is 0 Å². The Bertz CT molecular complexity index is 641. The van der Waals surface area contributed by atoms with Gasteiger partial charge in [-0.25, -0.2) is 0 Å². The number of nitrogens with two attached hydrogens (primary N) is 1. The van der Waals surface area contributed by atoms with E-state index in [1.54, 1.807) is 19.1 Å². The lowest BCUT2D eigenvalue weighted by atomic mass is 9.95. The number of benzene rings is 2. The number of esters is 1. The molecule has 0 amide bonds. The zero-order valence-electron chi connectivity index (χ0n) is 11.8. The first kappa shape index (κ1) is 15.3. The summed E-state index contributed by atoms with van der Waals surface area (Å²) in [5, 5.41) is 21.9. The lowest BCUT2D eigenvalue weighted by molar-refractivity contribution is -0.147. The monoisotopic (exact) mass is 289 g/mol. The first-order valence-electron chi connectivity index (χ1n) is 6.83. The summed E-state index contributed by atoms with van der Waals surface area (Å²) in [4.78, 5) is 11.4. The molecule has 4 N–H and O–H groups in total. The van der Waals surface area contributed by atoms with Gasteiger partial charge in [0.25, 0.3) is 0 Å². The molecule has 2 rings (SSSR count). The van der Waals surface area contributed by atoms with Crippen molar-refractivity contribution in [1.29, 1.82) is 0 Å². The van der Waals surface area contributed by atoms with Crippen molar-refractivity contribution in [3.05, 3.63) is 42.0 Å². The number of ether oxygens (including phenoxy) is 1. The van der Waals surface area contributed by atoms with Crippen molar-refractivity contribution in [3.8, 4) is 0 Å². The Hall–Kier alpha value is -2.11. The average Bonchev–Trinajstić information content (AvgIpc) is 2.47. The largest absolute Gasteiger partial charge is 0.466 e. The van der Waals surface area contributed by atoms with E-state index in [2.05, 4.69) is 0 Å². The topological polar surface area (TPSA) is 92.8 Å². The fraction of sp³-hybridized carbons (Fsp3) is 0.312. The van der Waals surface area contributed by atoms with Gasteiger partial charge in [0.1, 0.15) is 6.10 Å². The lowest BCUT2D eigenvalue weighted by Gasteiger charge is -2.19. The van der Waals surface area contributed by atoms with Crippen LogP contribution in [0.4, 0.5) is 5.69 Å². The normalized spacial score (nSPS) is 13.9. The molecule has 0 aliphatic heterocycles. The molecule has 2 unspecified atom stereocenters. The predicted octanol–water partition coefficient (Wildman–Crippen LogP) is 1.77. The summed E-state index contributed by atoms with van der Waals surface area (Å²) in [6.07, 6.45) is -2.66. The molecule has 2 aromatic carbocycles. The molecular formula is C16H19NO4. The molecule has 0 aliphatic rings. The van der Waals surface area contributed by atoms with Crippen molar-refractivity contribution < 1.29 is 19.7 Å². The Balaban J connectivity index is 2.29. The summed E-state index contributed by atoms with van der Waals surface area (Å²) in [5.74, 6) is -0.538. The van der Waals surface area contributed by atoms with Crippen LogP contribution in [0.25, 0.3) is 10.8 Å². The van der Waals surface area contributed by atoms with Crippen LogP contribution < -0.4 is 5.73 Å². The van der Waals surface area contributed by atoms with E-state index < -0.39 is 18.2 Å². The molecule has 5 heteroatoms. The molecule has 0 fully saturated rings. The SMILES string of the molecule is CCOC(=O)CC(O)C(O)c1ccc(N)c2ccccc12. The molecule has 0 spiro atoms. The van der Waals surface area contributed by atoms with Gasteiger partial charge in [-0.2, -0.15) is 0 Å². The fourth-order valence-corrected chi connectivity index (χ4v) is 2.31. The minimum absolute atomic E-state index is 0.243. The highest BCUT2D eigenvalue weighted by Crippen LogP contribution is 2.30. The first-order chi connectivity index (χ1) is 10.0. The Morgan fingerprint density at radius 3 is 2.52 bits per heavy atom. The zero-order valence-corrected chi connectivity index (χ0v) is 11.8. The van der Waals surface area contributed by atoms with Gasteiger partial charge in [0.05, 0.1) is 19.1 Å². The van der Waals surface area contributed by atoms with Gasteiger partial charge in [-0.3, -0.25) is 4.79 Å². The summed E-state index contributed by atoms with van der Waals surface area (Å²) in [5.41, 5.74) is 7.04. The highest BCUT2D eigenvalue weighted by molar-refractivity contribution is 5.95. The molecule has 0 radical (unpaired) electrons. The van der Waals surface area contributed by atoms with Crippen molar-refractivity contribution in [2.24, 2.45) is 0 Å². The summed E-state index contributed by atoms with van der Waals surface area (Å²) in [6.45, 7) is 1.93. The number of hydrogen-bond acceptors (Lipinski definition) is 5. The van der Waals surface area contributed by atoms with Gasteiger partial charge in [-0.1, -0.05) is 30.3 Å². The van der Waals surface area contributed by atoms with Gasteiger partial charge in [-0.05, 0) is 23.9 Å². The summed E-state index contributed by atoms with van der Waals surface area (Å²) in [7, 11) is 0. The molecule has 21 heavy (non-hydrogen) atoms. The maximum Gasteiger partial charge on any atom is 0.308 e. The second kappa shape index (κ2) is 6.56. The Morgan fingerprint density at radius 1 is 1.19 bits per heavy atom. The van der Waals surface area contributed by atoms with Crippen molar-refractivity contribution in [2.45, 2.75) is 25.6 Å². The Kier molecular flexibility index (Phi) is 4.77. The van der Waals surface area contributed by atoms with Gasteiger partial charge < -0.3 is 20.7 Å². The zero-order chi connectivity index (χ0) is 15.4. The smallest absolute Gasteiger partial charge is 0.308 e. The Labute approximate surface area is 123 Å². The van der Waals surface area contributed by atoms with Crippen LogP contribution in [0.5, 0.6) is 0 Å². The standard InChI is InChI=1S/C16H19NO4/c1-2-21-15(19)9-14(18)16(20)12-7-8-13(17)11-6-4-3-5-10(11)12/h3-8,14,16,18,20H,2,9,17H2,1H3. The number of aliphatic hydroxyl groups is 2. The lowest BCUT2D eigenvalue weighted by Crippen LogP contribution is -2.23. The van der Waals surface area contributed by atoms with E-state index in [4.69, 9.17) is 10.5 Å². The Morgan fingerprint density at radius 2 is 1.86 bits per heavy atom. The summed E-state index contributed by atoms with van der Waals surface area (Å²) < 4.78 is 4.78. The van der Waals surface area contributed by atoms with Crippen LogP contribution in [0.2, 0.25) is 0 Å². The van der Waals surface area contributed by atoms with Crippen LogP contribution in [0, 0.1) is 0 Å². The van der Waals surface area contributed by atoms with Gasteiger partial charge in [0.2, 0.25) is 0 Å². The maximum atomic E-state index is 11.4. The van der Waals surface area contributed by atoms with Crippen LogP contribution in [0.1, 0.15) is 25.0 Å². The molecule has 0 heterocycles. The third kappa shape index (κ3) is 3.32. The van der Waals surface area contributed by atoms with Crippen molar-refractivity contribution in [2.75, 3.05) is 12.3 Å². The molecule has 2 aromatic rings. The van der Waals surface area contributed by atoms with E-state index >= 15 is 0 Å². The van der Waals surface area contributed by atoms with E-state index in [-0.39, 0.29) is 13.0 Å². The van der Waals surface area contributed by atoms with E-state index in [1.807, 2.05) is 24.3 Å². The molecule has 0 aromatic heterocycles. The average molecular weight is 289 g/mol. The molecular weight excluding hydrogens is 270 g/mol. The summed E-state index contributed by atoms with van der Waals surface area (Å²) >= 11 is 0. The number of nitrogen functional groups attached to an aromatic ring is 1. The van der Waals surface area contributed by atoms with E-state index in [0.717, 1.165) is 10.8 Å². The molecule has 112 valence electrons. The third-order valence-corrected chi connectivity index (χ3v) is 3.36. The van der Waals surface area contributed by atoms with Crippen LogP contribution in [0.3, 0.4) is 0 Å². The number of fused-ring (bicyclic) bond motifs is 1. The van der Waals surface area contributed by atoms with Gasteiger partial charge >= 0.3 is 5.97 Å². The van der Waals surface area contributed by atoms with E-state index in [0.29, 0.717) is 11.3 Å². The maximum absolute atomic E-state index is 11.4. The number of carbonyl (C=O) groups is 1. The van der Waals surface area contributed by atoms with Crippen LogP contribution >= 0.6 is 0 Å².